The topological polar surface area (TPSA) is 118 Å². The highest BCUT2D eigenvalue weighted by Crippen LogP contribution is 1.97. The molecule has 5 N–H and O–H groups in total. The molecule has 0 spiro atoms. The summed E-state index contributed by atoms with van der Waals surface area (Å²) in [4.78, 5) is 0. The quantitative estimate of drug-likeness (QED) is 0.260. The molecule has 8 heteroatoms. The molecule has 0 saturated heterocycles. The molecule has 0 amide bonds. The molecule has 0 aromatic heterocycles. The fourth-order valence-corrected chi connectivity index (χ4v) is 1.60. The Morgan fingerprint density at radius 2 is 1.17 bits per heavy atom. The van der Waals surface area contributed by atoms with Crippen LogP contribution in [0.15, 0.2) is 0 Å². The first-order valence-electron chi connectivity index (χ1n) is 8.28. The highest BCUT2D eigenvalue weighted by Gasteiger charge is 2.10. The number of aliphatic hydroxyl groups excluding tert-OH is 1. The van der Waals surface area contributed by atoms with Crippen molar-refractivity contribution in [2.45, 2.75) is 18.9 Å². The van der Waals surface area contributed by atoms with E-state index in [2.05, 4.69) is 0 Å². The van der Waals surface area contributed by atoms with Crippen LogP contribution in [0, 0.1) is 0 Å². The Kier molecular flexibility index (Phi) is 19.5. The van der Waals surface area contributed by atoms with Gasteiger partial charge in [0.15, 0.2) is 0 Å². The average molecular weight is 338 g/mol. The third kappa shape index (κ3) is 17.9. The van der Waals surface area contributed by atoms with Gasteiger partial charge in [0.25, 0.3) is 0 Å². The molecule has 0 fully saturated rings. The number of aliphatic hydroxyl groups is 1. The maximum Gasteiger partial charge on any atom is 0.104 e. The number of hydrogen-bond donors (Lipinski definition) is 3. The van der Waals surface area contributed by atoms with Gasteiger partial charge in [-0.15, -0.1) is 0 Å². The van der Waals surface area contributed by atoms with Crippen LogP contribution in [0.4, 0.5) is 0 Å². The molecule has 0 bridgehead atoms. The summed E-state index contributed by atoms with van der Waals surface area (Å²) in [5.74, 6) is 0. The lowest BCUT2D eigenvalue weighted by Gasteiger charge is -2.18. The Morgan fingerprint density at radius 1 is 0.652 bits per heavy atom. The fraction of sp³-hybridized carbons (Fsp3) is 1.00. The van der Waals surface area contributed by atoms with Crippen molar-refractivity contribution in [1.29, 1.82) is 0 Å². The van der Waals surface area contributed by atoms with Gasteiger partial charge in [0, 0.05) is 13.2 Å². The lowest BCUT2D eigenvalue weighted by molar-refractivity contribution is -0.0809. The minimum absolute atomic E-state index is 0.00917. The molecular weight excluding hydrogens is 304 g/mol. The summed E-state index contributed by atoms with van der Waals surface area (Å²) in [6, 6.07) is 0. The Labute approximate surface area is 139 Å². The van der Waals surface area contributed by atoms with Crippen LogP contribution >= 0.6 is 0 Å². The second-order valence-corrected chi connectivity index (χ2v) is 4.88. The van der Waals surface area contributed by atoms with Crippen molar-refractivity contribution in [3.05, 3.63) is 0 Å². The van der Waals surface area contributed by atoms with E-state index in [4.69, 9.17) is 40.3 Å². The van der Waals surface area contributed by atoms with Crippen molar-refractivity contribution in [3.8, 4) is 0 Å². The van der Waals surface area contributed by atoms with Crippen molar-refractivity contribution in [2.24, 2.45) is 11.5 Å². The molecule has 0 radical (unpaired) electrons. The Bertz CT molecular complexity index is 224. The molecule has 1 atom stereocenters. The predicted octanol–water partition coefficient (Wildman–Crippen LogP) is -0.872. The maximum absolute atomic E-state index is 8.74. The van der Waals surface area contributed by atoms with E-state index in [1.807, 2.05) is 0 Å². The minimum atomic E-state index is -0.191. The smallest absolute Gasteiger partial charge is 0.104 e. The van der Waals surface area contributed by atoms with E-state index in [0.717, 1.165) is 12.8 Å². The van der Waals surface area contributed by atoms with E-state index in [9.17, 15) is 0 Å². The molecule has 0 aliphatic rings. The molecular formula is C15H34N2O6. The first-order chi connectivity index (χ1) is 11.3. The van der Waals surface area contributed by atoms with E-state index >= 15 is 0 Å². The molecule has 0 heterocycles. The van der Waals surface area contributed by atoms with Gasteiger partial charge >= 0.3 is 0 Å². The Morgan fingerprint density at radius 3 is 1.74 bits per heavy atom. The van der Waals surface area contributed by atoms with Crippen LogP contribution in [-0.4, -0.2) is 90.4 Å². The van der Waals surface area contributed by atoms with Gasteiger partial charge in [-0.05, 0) is 25.9 Å². The molecule has 23 heavy (non-hydrogen) atoms. The molecule has 0 rings (SSSR count). The summed E-state index contributed by atoms with van der Waals surface area (Å²) in [6.07, 6.45) is 1.50. The zero-order valence-corrected chi connectivity index (χ0v) is 14.1. The summed E-state index contributed by atoms with van der Waals surface area (Å²) < 4.78 is 27.2. The number of rotatable bonds is 19. The van der Waals surface area contributed by atoms with E-state index < -0.39 is 0 Å². The molecule has 140 valence electrons. The second kappa shape index (κ2) is 19.7. The molecule has 8 nitrogen and oxygen atoms in total. The van der Waals surface area contributed by atoms with Crippen molar-refractivity contribution in [3.63, 3.8) is 0 Å². The summed E-state index contributed by atoms with van der Waals surface area (Å²) in [6.45, 7) is 5.62. The van der Waals surface area contributed by atoms with Crippen LogP contribution in [0.25, 0.3) is 0 Å². The van der Waals surface area contributed by atoms with Gasteiger partial charge in [-0.3, -0.25) is 0 Å². The van der Waals surface area contributed by atoms with Crippen molar-refractivity contribution in [2.75, 3.05) is 79.2 Å². The second-order valence-electron chi connectivity index (χ2n) is 4.88. The largest absolute Gasteiger partial charge is 0.394 e. The molecule has 0 aromatic rings. The Hall–Kier alpha value is -0.320. The van der Waals surface area contributed by atoms with Crippen LogP contribution in [0.3, 0.4) is 0 Å². The predicted molar refractivity (Wildman–Crippen MR) is 87.4 cm³/mol. The highest BCUT2D eigenvalue weighted by molar-refractivity contribution is 4.56. The monoisotopic (exact) mass is 338 g/mol. The zero-order chi connectivity index (χ0) is 17.0. The fourth-order valence-electron chi connectivity index (χ4n) is 1.60. The van der Waals surface area contributed by atoms with Crippen molar-refractivity contribution >= 4 is 0 Å². The van der Waals surface area contributed by atoms with E-state index in [1.165, 1.54) is 0 Å². The first kappa shape index (κ1) is 22.7. The van der Waals surface area contributed by atoms with Gasteiger partial charge in [0.05, 0.1) is 52.9 Å². The van der Waals surface area contributed by atoms with Crippen LogP contribution in [0.5, 0.6) is 0 Å². The SMILES string of the molecule is NCCCOCCOCC(COCCO)OCCOCCCN. The number of ether oxygens (including phenoxy) is 5. The summed E-state index contributed by atoms with van der Waals surface area (Å²) in [7, 11) is 0. The van der Waals surface area contributed by atoms with Crippen LogP contribution < -0.4 is 11.5 Å². The molecule has 0 saturated carbocycles. The molecule has 0 aliphatic heterocycles. The van der Waals surface area contributed by atoms with Crippen LogP contribution in [-0.2, 0) is 23.7 Å². The van der Waals surface area contributed by atoms with E-state index in [-0.39, 0.29) is 19.3 Å². The third-order valence-electron chi connectivity index (χ3n) is 2.78. The van der Waals surface area contributed by atoms with Gasteiger partial charge in [-0.1, -0.05) is 0 Å². The van der Waals surface area contributed by atoms with Gasteiger partial charge < -0.3 is 40.3 Å². The van der Waals surface area contributed by atoms with Gasteiger partial charge in [-0.2, -0.15) is 0 Å². The molecule has 1 unspecified atom stereocenters. The average Bonchev–Trinajstić information content (AvgIpc) is 2.56. The highest BCUT2D eigenvalue weighted by atomic mass is 16.6. The lowest BCUT2D eigenvalue weighted by Crippen LogP contribution is -2.28. The first-order valence-corrected chi connectivity index (χ1v) is 8.28. The summed E-state index contributed by atoms with van der Waals surface area (Å²) in [5.41, 5.74) is 10.8. The minimum Gasteiger partial charge on any atom is -0.394 e. The van der Waals surface area contributed by atoms with Crippen LogP contribution in [0.1, 0.15) is 12.8 Å². The number of nitrogens with two attached hydrogens (primary N) is 2. The molecule has 0 aliphatic carbocycles. The Balaban J connectivity index is 3.64. The molecule has 0 aromatic carbocycles. The van der Waals surface area contributed by atoms with Gasteiger partial charge in [-0.25, -0.2) is 0 Å². The lowest BCUT2D eigenvalue weighted by atomic mass is 10.4. The van der Waals surface area contributed by atoms with Gasteiger partial charge in [0.1, 0.15) is 6.10 Å². The van der Waals surface area contributed by atoms with Crippen molar-refractivity contribution in [1.82, 2.24) is 0 Å². The van der Waals surface area contributed by atoms with Gasteiger partial charge in [0.2, 0.25) is 0 Å². The maximum atomic E-state index is 8.74. The van der Waals surface area contributed by atoms with Crippen molar-refractivity contribution < 1.29 is 28.8 Å². The standard InChI is InChI=1S/C15H34N2O6/c16-3-1-6-19-9-10-22-14-15(13-21-8-5-18)23-12-11-20-7-2-4-17/h15,18H,1-14,16-17H2. The van der Waals surface area contributed by atoms with E-state index in [1.54, 1.807) is 0 Å². The zero-order valence-electron chi connectivity index (χ0n) is 14.1. The normalized spacial score (nSPS) is 12.7. The summed E-state index contributed by atoms with van der Waals surface area (Å²) in [5, 5.41) is 8.74. The van der Waals surface area contributed by atoms with E-state index in [0.29, 0.717) is 65.9 Å². The third-order valence-corrected chi connectivity index (χ3v) is 2.78. The summed E-state index contributed by atoms with van der Waals surface area (Å²) >= 11 is 0. The van der Waals surface area contributed by atoms with Crippen LogP contribution in [0.2, 0.25) is 0 Å². The number of hydrogen-bond acceptors (Lipinski definition) is 8.